The molecule has 0 aliphatic heterocycles. The molecular weight excluding hydrogens is 362 g/mol. The summed E-state index contributed by atoms with van der Waals surface area (Å²) in [5.74, 6) is 0. The van der Waals surface area contributed by atoms with E-state index in [-0.39, 0.29) is 0 Å². The van der Waals surface area contributed by atoms with E-state index in [0.29, 0.717) is 0 Å². The Balaban J connectivity index is 3.15. The van der Waals surface area contributed by atoms with Gasteiger partial charge in [-0.2, -0.15) is 0 Å². The lowest BCUT2D eigenvalue weighted by atomic mass is 10.0. The molecule has 0 fully saturated rings. The molecule has 0 aliphatic rings. The maximum absolute atomic E-state index is 2.44. The summed E-state index contributed by atoms with van der Waals surface area (Å²) in [5.41, 5.74) is 0. The number of hydrogen-bond acceptors (Lipinski definition) is 0. The van der Waals surface area contributed by atoms with Crippen LogP contribution in [0, 0.1) is 0 Å². The van der Waals surface area contributed by atoms with Crippen molar-refractivity contribution < 1.29 is 4.48 Å². The van der Waals surface area contributed by atoms with Crippen molar-refractivity contribution in [2.75, 3.05) is 26.7 Å². The first-order valence-corrected chi connectivity index (χ1v) is 14.5. The van der Waals surface area contributed by atoms with Crippen LogP contribution in [0.25, 0.3) is 0 Å². The van der Waals surface area contributed by atoms with Gasteiger partial charge >= 0.3 is 0 Å². The molecule has 0 N–H and O–H groups in total. The van der Waals surface area contributed by atoms with Gasteiger partial charge < -0.3 is 4.48 Å². The molecule has 0 spiro atoms. The van der Waals surface area contributed by atoms with E-state index in [1.165, 1.54) is 165 Å². The zero-order valence-electron chi connectivity index (χ0n) is 22.1. The Morgan fingerprint density at radius 2 is 0.633 bits per heavy atom. The molecule has 0 rings (SSSR count). The van der Waals surface area contributed by atoms with E-state index in [1.807, 2.05) is 0 Å². The summed E-state index contributed by atoms with van der Waals surface area (Å²) >= 11 is 0. The van der Waals surface area contributed by atoms with Crippen molar-refractivity contribution in [3.8, 4) is 0 Å². The second-order valence-electron chi connectivity index (χ2n) is 10.5. The summed E-state index contributed by atoms with van der Waals surface area (Å²) in [5, 5.41) is 0. The Morgan fingerprint density at radius 1 is 0.333 bits per heavy atom. The third-order valence-corrected chi connectivity index (χ3v) is 7.33. The quantitative estimate of drug-likeness (QED) is 0.101. The lowest BCUT2D eigenvalue weighted by molar-refractivity contribution is -0.908. The Labute approximate surface area is 193 Å². The van der Waals surface area contributed by atoms with Crippen molar-refractivity contribution in [1.29, 1.82) is 0 Å². The number of rotatable bonds is 25. The van der Waals surface area contributed by atoms with Crippen LogP contribution in [-0.2, 0) is 0 Å². The molecule has 0 saturated carbocycles. The molecule has 0 aromatic heterocycles. The van der Waals surface area contributed by atoms with Crippen LogP contribution in [0.2, 0.25) is 0 Å². The smallest absolute Gasteiger partial charge is 0.0784 e. The topological polar surface area (TPSA) is 0 Å². The lowest BCUT2D eigenvalue weighted by Crippen LogP contribution is -2.45. The fourth-order valence-electron chi connectivity index (χ4n) is 4.89. The highest BCUT2D eigenvalue weighted by atomic mass is 15.3. The summed E-state index contributed by atoms with van der Waals surface area (Å²) < 4.78 is 1.29. The summed E-state index contributed by atoms with van der Waals surface area (Å²) in [6, 6.07) is 0. The van der Waals surface area contributed by atoms with Crippen molar-refractivity contribution in [1.82, 2.24) is 0 Å². The Morgan fingerprint density at radius 3 is 0.900 bits per heavy atom. The first-order chi connectivity index (χ1) is 14.7. The fraction of sp³-hybridized carbons (Fsp3) is 1.00. The van der Waals surface area contributed by atoms with Crippen LogP contribution in [0.3, 0.4) is 0 Å². The molecule has 0 radical (unpaired) electrons. The van der Waals surface area contributed by atoms with E-state index < -0.39 is 0 Å². The van der Waals surface area contributed by atoms with Gasteiger partial charge in [-0.05, 0) is 26.2 Å². The van der Waals surface area contributed by atoms with Gasteiger partial charge in [0.2, 0.25) is 0 Å². The van der Waals surface area contributed by atoms with Crippen molar-refractivity contribution in [3.05, 3.63) is 0 Å². The highest BCUT2D eigenvalue weighted by Crippen LogP contribution is 2.15. The van der Waals surface area contributed by atoms with Crippen LogP contribution < -0.4 is 0 Å². The van der Waals surface area contributed by atoms with E-state index in [9.17, 15) is 0 Å². The van der Waals surface area contributed by atoms with E-state index in [2.05, 4.69) is 27.8 Å². The maximum atomic E-state index is 2.44. The van der Waals surface area contributed by atoms with Crippen molar-refractivity contribution >= 4 is 0 Å². The molecule has 1 heteroatoms. The van der Waals surface area contributed by atoms with Crippen molar-refractivity contribution in [2.24, 2.45) is 0 Å². The summed E-state index contributed by atoms with van der Waals surface area (Å²) in [7, 11) is 2.44. The van der Waals surface area contributed by atoms with E-state index in [0.717, 1.165) is 0 Å². The zero-order chi connectivity index (χ0) is 22.2. The highest BCUT2D eigenvalue weighted by Gasteiger charge is 2.16. The molecule has 0 saturated heterocycles. The summed E-state index contributed by atoms with van der Waals surface area (Å²) in [6.07, 6.45) is 32.2. The van der Waals surface area contributed by atoms with Gasteiger partial charge in [0.25, 0.3) is 0 Å². The first-order valence-electron chi connectivity index (χ1n) is 14.5. The molecule has 0 aliphatic carbocycles. The van der Waals surface area contributed by atoms with Crippen LogP contribution in [0.1, 0.15) is 162 Å². The van der Waals surface area contributed by atoms with Gasteiger partial charge in [-0.1, -0.05) is 136 Å². The normalized spacial score (nSPS) is 13.6. The number of quaternary nitrogens is 1. The van der Waals surface area contributed by atoms with E-state index in [1.54, 1.807) is 0 Å². The molecule has 30 heavy (non-hydrogen) atoms. The Hall–Kier alpha value is -0.0400. The molecule has 0 aromatic rings. The highest BCUT2D eigenvalue weighted by molar-refractivity contribution is 4.51. The maximum Gasteiger partial charge on any atom is 0.0784 e. The van der Waals surface area contributed by atoms with Gasteiger partial charge in [0, 0.05) is 0 Å². The monoisotopic (exact) mass is 424 g/mol. The average molecular weight is 425 g/mol. The van der Waals surface area contributed by atoms with Gasteiger partial charge in [0.05, 0.1) is 26.7 Å². The Kier molecular flexibility index (Phi) is 23.6. The molecule has 1 atom stereocenters. The standard InChI is InChI=1S/C29H62N/c1-5-8-9-10-11-12-13-14-15-16-17-18-19-20-21-22-23-24-25-26-27-29-30(4,7-3)28-6-2/h5-29H2,1-4H3/q+1. The van der Waals surface area contributed by atoms with Gasteiger partial charge in [-0.3, -0.25) is 0 Å². The van der Waals surface area contributed by atoms with Gasteiger partial charge in [-0.15, -0.1) is 0 Å². The van der Waals surface area contributed by atoms with E-state index in [4.69, 9.17) is 0 Å². The molecule has 0 amide bonds. The predicted molar refractivity (Wildman–Crippen MR) is 139 cm³/mol. The molecular formula is C29H62N+. The van der Waals surface area contributed by atoms with E-state index >= 15 is 0 Å². The predicted octanol–water partition coefficient (Wildman–Crippen LogP) is 10.1. The number of nitrogens with zero attached hydrogens (tertiary/aromatic N) is 1. The molecule has 1 nitrogen and oxygen atoms in total. The minimum atomic E-state index is 1.29. The van der Waals surface area contributed by atoms with Crippen LogP contribution in [0.4, 0.5) is 0 Å². The molecule has 0 aromatic carbocycles. The minimum absolute atomic E-state index is 1.29. The zero-order valence-corrected chi connectivity index (χ0v) is 22.1. The van der Waals surface area contributed by atoms with Crippen LogP contribution in [-0.4, -0.2) is 31.2 Å². The first kappa shape index (κ1) is 30.0. The third-order valence-electron chi connectivity index (χ3n) is 7.33. The summed E-state index contributed by atoms with van der Waals surface area (Å²) in [4.78, 5) is 0. The third kappa shape index (κ3) is 21.2. The largest absolute Gasteiger partial charge is 0.326 e. The van der Waals surface area contributed by atoms with Crippen molar-refractivity contribution in [2.45, 2.75) is 162 Å². The molecule has 0 bridgehead atoms. The minimum Gasteiger partial charge on any atom is -0.326 e. The second kappa shape index (κ2) is 23.6. The molecule has 0 heterocycles. The van der Waals surface area contributed by atoms with Crippen LogP contribution >= 0.6 is 0 Å². The molecule has 1 unspecified atom stereocenters. The van der Waals surface area contributed by atoms with Crippen LogP contribution in [0.15, 0.2) is 0 Å². The fourth-order valence-corrected chi connectivity index (χ4v) is 4.89. The SMILES string of the molecule is CCCCCCCCCCCCCCCCCCCCCCC[N+](C)(CC)CCC. The lowest BCUT2D eigenvalue weighted by Gasteiger charge is -2.33. The van der Waals surface area contributed by atoms with Crippen LogP contribution in [0.5, 0.6) is 0 Å². The van der Waals surface area contributed by atoms with Gasteiger partial charge in [-0.25, -0.2) is 0 Å². The van der Waals surface area contributed by atoms with Gasteiger partial charge in [0.1, 0.15) is 0 Å². The second-order valence-corrected chi connectivity index (χ2v) is 10.5. The van der Waals surface area contributed by atoms with Crippen molar-refractivity contribution in [3.63, 3.8) is 0 Å². The summed E-state index contributed by atoms with van der Waals surface area (Å²) in [6.45, 7) is 11.0. The number of hydrogen-bond donors (Lipinski definition) is 0. The number of unbranched alkanes of at least 4 members (excludes halogenated alkanes) is 20. The Bertz CT molecular complexity index is 313. The molecule has 182 valence electrons. The average Bonchev–Trinajstić information content (AvgIpc) is 2.75. The van der Waals surface area contributed by atoms with Gasteiger partial charge in [0.15, 0.2) is 0 Å².